The van der Waals surface area contributed by atoms with Gasteiger partial charge in [0.15, 0.2) is 0 Å². The molecule has 0 atom stereocenters. The molecule has 0 unspecified atom stereocenters. The fraction of sp³-hybridized carbons (Fsp3) is 0.160. The van der Waals surface area contributed by atoms with Crippen LogP contribution in [0.25, 0.3) is 0 Å². The molecule has 0 N–H and O–H groups in total. The van der Waals surface area contributed by atoms with E-state index in [0.29, 0.717) is 0 Å². The summed E-state index contributed by atoms with van der Waals surface area (Å²) in [7, 11) is -2.58. The summed E-state index contributed by atoms with van der Waals surface area (Å²) in [5.74, 6) is 2.69. The van der Waals surface area contributed by atoms with E-state index in [0.717, 1.165) is 55.8 Å². The van der Waals surface area contributed by atoms with Crippen molar-refractivity contribution in [1.29, 1.82) is 0 Å². The molecule has 0 saturated carbocycles. The number of benzene rings is 3. The van der Waals surface area contributed by atoms with Crippen LogP contribution in [0.1, 0.15) is 62.1 Å². The Morgan fingerprint density at radius 2 is 0.554 bits per heavy atom. The van der Waals surface area contributed by atoms with Crippen molar-refractivity contribution < 1.29 is 13.6 Å². The maximum absolute atomic E-state index is 6.82. The molecule has 0 spiro atoms. The minimum atomic E-state index is -0.861. The van der Waals surface area contributed by atoms with Crippen LogP contribution in [-0.2, 0) is 5.41 Å². The summed E-state index contributed by atoms with van der Waals surface area (Å²) < 4.78 is 20.5. The number of hydrogen-bond donors (Lipinski definition) is 0. The summed E-state index contributed by atoms with van der Waals surface area (Å²) in [5.41, 5.74) is 3.12. The number of allylic oxidation sites excluding steroid dienone is 24. The second kappa shape index (κ2) is 16.8. The highest BCUT2D eigenvalue weighted by atomic mass is 31.1. The first-order valence-electron chi connectivity index (χ1n) is 19.5. The monoisotopic (exact) mass is 786 g/mol. The Bertz CT molecular complexity index is 1990. The molecule has 0 bridgehead atoms. The second-order valence-electron chi connectivity index (χ2n) is 14.6. The maximum atomic E-state index is 6.82. The molecule has 56 heavy (non-hydrogen) atoms. The smallest absolute Gasteiger partial charge is 0.143 e. The van der Waals surface area contributed by atoms with Crippen molar-refractivity contribution in [3.05, 3.63) is 231 Å². The van der Waals surface area contributed by atoms with Crippen LogP contribution in [0.4, 0.5) is 0 Å². The van der Waals surface area contributed by atoms with Crippen molar-refractivity contribution in [2.45, 2.75) is 50.9 Å². The predicted octanol–water partition coefficient (Wildman–Crippen LogP) is 15.4. The molecule has 3 nitrogen and oxygen atoms in total. The Labute approximate surface area is 335 Å². The maximum Gasteiger partial charge on any atom is 0.143 e. The molecule has 0 heterocycles. The molecule has 6 aliphatic rings. The Hall–Kier alpha value is -4.77. The van der Waals surface area contributed by atoms with Gasteiger partial charge in [0.05, 0.1) is 0 Å². The summed E-state index contributed by atoms with van der Waals surface area (Å²) in [5, 5.41) is 8.18. The van der Waals surface area contributed by atoms with E-state index >= 15 is 0 Å². The molecule has 278 valence electrons. The highest BCUT2D eigenvalue weighted by molar-refractivity contribution is 7.62. The van der Waals surface area contributed by atoms with Gasteiger partial charge in [0, 0.05) is 5.41 Å². The summed E-state index contributed by atoms with van der Waals surface area (Å²) in [6.45, 7) is 2.33. The molecule has 0 radical (unpaired) electrons. The van der Waals surface area contributed by atoms with Crippen molar-refractivity contribution in [1.82, 2.24) is 0 Å². The van der Waals surface area contributed by atoms with Gasteiger partial charge in [-0.3, -0.25) is 0 Å². The lowest BCUT2D eigenvalue weighted by atomic mass is 9.71. The third kappa shape index (κ3) is 7.79. The van der Waals surface area contributed by atoms with Crippen LogP contribution >= 0.6 is 24.4 Å². The molecule has 3 aromatic rings. The van der Waals surface area contributed by atoms with Crippen LogP contribution in [0, 0.1) is 0 Å². The molecular weight excluding hydrogens is 741 g/mol. The van der Waals surface area contributed by atoms with Crippen LogP contribution < -0.4 is 13.6 Å². The van der Waals surface area contributed by atoms with Gasteiger partial charge >= 0.3 is 0 Å². The van der Waals surface area contributed by atoms with E-state index in [1.165, 1.54) is 48.6 Å². The largest absolute Gasteiger partial charge is 0.465 e. The van der Waals surface area contributed by atoms with Gasteiger partial charge in [0.2, 0.25) is 0 Å². The quantitative estimate of drug-likeness (QED) is 0.113. The average Bonchev–Trinajstić information content (AvgIpc) is 4.10. The predicted molar refractivity (Wildman–Crippen MR) is 239 cm³/mol. The zero-order chi connectivity index (χ0) is 37.7. The Morgan fingerprint density at radius 3 is 0.732 bits per heavy atom. The fourth-order valence-corrected chi connectivity index (χ4v) is 13.6. The molecule has 0 amide bonds. The van der Waals surface area contributed by atoms with E-state index in [9.17, 15) is 0 Å². The van der Waals surface area contributed by atoms with E-state index in [1.54, 1.807) is 0 Å². The summed E-state index contributed by atoms with van der Waals surface area (Å²) in [6.07, 6.45) is 45.4. The van der Waals surface area contributed by atoms with Gasteiger partial charge in [0.1, 0.15) is 41.7 Å². The lowest BCUT2D eigenvalue weighted by molar-refractivity contribution is 0.614. The van der Waals surface area contributed by atoms with Crippen LogP contribution in [0.2, 0.25) is 0 Å². The normalized spacial score (nSPS) is 18.0. The molecule has 3 aromatic carbocycles. The number of rotatable bonds is 15. The van der Waals surface area contributed by atoms with Gasteiger partial charge in [-0.2, -0.15) is 0 Å². The molecule has 6 aliphatic carbocycles. The summed E-state index contributed by atoms with van der Waals surface area (Å²) >= 11 is 0. The minimum Gasteiger partial charge on any atom is -0.465 e. The van der Waals surface area contributed by atoms with Crippen molar-refractivity contribution in [3.63, 3.8) is 0 Å². The topological polar surface area (TPSA) is 27.7 Å². The molecular formula is C50H45O3P3. The van der Waals surface area contributed by atoms with Crippen molar-refractivity contribution in [2.24, 2.45) is 0 Å². The molecule has 6 heteroatoms. The van der Waals surface area contributed by atoms with Gasteiger partial charge in [0.25, 0.3) is 0 Å². The first kappa shape index (κ1) is 36.8. The zero-order valence-electron chi connectivity index (χ0n) is 31.6. The highest BCUT2D eigenvalue weighted by Crippen LogP contribution is 2.60. The molecule has 0 aliphatic heterocycles. The van der Waals surface area contributed by atoms with Gasteiger partial charge in [-0.1, -0.05) is 146 Å². The van der Waals surface area contributed by atoms with Crippen molar-refractivity contribution >= 4 is 24.4 Å². The van der Waals surface area contributed by atoms with Gasteiger partial charge in [-0.15, -0.1) is 0 Å². The fourth-order valence-electron chi connectivity index (χ4n) is 7.79. The van der Waals surface area contributed by atoms with E-state index in [2.05, 4.69) is 189 Å². The van der Waals surface area contributed by atoms with Gasteiger partial charge in [-0.25, -0.2) is 0 Å². The van der Waals surface area contributed by atoms with Crippen LogP contribution in [0.15, 0.2) is 214 Å². The Balaban J connectivity index is 1.02. The van der Waals surface area contributed by atoms with Crippen LogP contribution in [0.5, 0.6) is 17.2 Å². The average molecular weight is 787 g/mol. The summed E-state index contributed by atoms with van der Waals surface area (Å²) in [4.78, 5) is 0. The standard InChI is InChI=1S/C50H45O3P3/c1-50(38-26-32-41(33-27-38)51-54(44-14-2-3-15-44)45-16-4-5-17-45,39-28-34-42(35-29-39)52-55(46-18-6-7-19-46)47-20-8-9-21-47)40-30-36-43(37-31-40)53-56(48-22-10-11-23-48)49-24-12-13-25-49/h2-14,16,18,20,22,24,26-37H,15,17,19,21,23,25H2,1H3. The molecule has 0 aromatic heterocycles. The van der Waals surface area contributed by atoms with E-state index in [4.69, 9.17) is 13.6 Å². The van der Waals surface area contributed by atoms with E-state index < -0.39 is 29.9 Å². The summed E-state index contributed by atoms with van der Waals surface area (Å²) in [6, 6.07) is 26.4. The van der Waals surface area contributed by atoms with Gasteiger partial charge in [-0.05, 0) is 130 Å². The Morgan fingerprint density at radius 1 is 0.339 bits per heavy atom. The molecule has 0 fully saturated rings. The third-order valence-electron chi connectivity index (χ3n) is 11.0. The van der Waals surface area contributed by atoms with Gasteiger partial charge < -0.3 is 13.6 Å². The zero-order valence-corrected chi connectivity index (χ0v) is 34.3. The van der Waals surface area contributed by atoms with Crippen molar-refractivity contribution in [3.8, 4) is 17.2 Å². The van der Waals surface area contributed by atoms with E-state index in [-0.39, 0.29) is 0 Å². The Kier molecular flexibility index (Phi) is 11.0. The second-order valence-corrected chi connectivity index (χ2v) is 20.4. The molecule has 9 rings (SSSR count). The highest BCUT2D eigenvalue weighted by Gasteiger charge is 2.33. The lowest BCUT2D eigenvalue weighted by Gasteiger charge is -2.33. The van der Waals surface area contributed by atoms with Crippen LogP contribution in [0.3, 0.4) is 0 Å². The first-order valence-corrected chi connectivity index (χ1v) is 23.3. The van der Waals surface area contributed by atoms with Crippen molar-refractivity contribution in [2.75, 3.05) is 0 Å². The molecule has 0 saturated heterocycles. The first-order chi connectivity index (χ1) is 27.6. The minimum absolute atomic E-state index is 0.461. The third-order valence-corrected chi connectivity index (χ3v) is 17.3. The lowest BCUT2D eigenvalue weighted by Crippen LogP contribution is -2.25. The SMILES string of the molecule is CC(c1ccc(OP(C2=CC=CC2)C2=CC=CC2)cc1)(c1ccc(OP(C2=CC=CC2)C2=CC=CC2)cc1)c1ccc(OP(C2=CC=CC2)C2=CC=CC2)cc1. The number of hydrogen-bond acceptors (Lipinski definition) is 3. The van der Waals surface area contributed by atoms with Crippen LogP contribution in [-0.4, -0.2) is 0 Å². The van der Waals surface area contributed by atoms with E-state index in [1.807, 2.05) is 0 Å².